The maximum atomic E-state index is 13.0. The quantitative estimate of drug-likeness (QED) is 0.815. The minimum absolute atomic E-state index is 0.0873. The summed E-state index contributed by atoms with van der Waals surface area (Å²) in [5.41, 5.74) is 1.59. The van der Waals surface area contributed by atoms with Gasteiger partial charge in [-0.2, -0.15) is 4.31 Å². The molecule has 1 aliphatic rings. The van der Waals surface area contributed by atoms with Crippen molar-refractivity contribution < 1.29 is 17.9 Å². The minimum Gasteiger partial charge on any atom is -0.373 e. The van der Waals surface area contributed by atoms with Gasteiger partial charge < -0.3 is 10.1 Å². The van der Waals surface area contributed by atoms with Gasteiger partial charge >= 0.3 is 0 Å². The van der Waals surface area contributed by atoms with Crippen LogP contribution in [0.25, 0.3) is 0 Å². The molecule has 1 saturated heterocycles. The smallest absolute Gasteiger partial charge is 0.255 e. The van der Waals surface area contributed by atoms with Crippen LogP contribution in [-0.2, 0) is 14.8 Å². The van der Waals surface area contributed by atoms with Gasteiger partial charge in [0.15, 0.2) is 0 Å². The van der Waals surface area contributed by atoms with Gasteiger partial charge in [-0.1, -0.05) is 23.7 Å². The van der Waals surface area contributed by atoms with Gasteiger partial charge in [0.2, 0.25) is 10.0 Å². The molecular formula is C20H23ClN2O4S. The maximum absolute atomic E-state index is 13.0. The Labute approximate surface area is 170 Å². The van der Waals surface area contributed by atoms with E-state index >= 15 is 0 Å². The van der Waals surface area contributed by atoms with Crippen LogP contribution in [0.1, 0.15) is 29.8 Å². The Morgan fingerprint density at radius 3 is 2.46 bits per heavy atom. The number of amides is 1. The van der Waals surface area contributed by atoms with Gasteiger partial charge in [0.1, 0.15) is 0 Å². The van der Waals surface area contributed by atoms with Crippen LogP contribution in [0.2, 0.25) is 5.02 Å². The first-order chi connectivity index (χ1) is 13.2. The average Bonchev–Trinajstić information content (AvgIpc) is 2.64. The van der Waals surface area contributed by atoms with Gasteiger partial charge in [0.05, 0.1) is 17.1 Å². The first kappa shape index (κ1) is 20.8. The van der Waals surface area contributed by atoms with Crippen molar-refractivity contribution in [1.82, 2.24) is 4.31 Å². The van der Waals surface area contributed by atoms with Crippen molar-refractivity contribution in [2.75, 3.05) is 18.4 Å². The number of hydrogen-bond acceptors (Lipinski definition) is 4. The Hall–Kier alpha value is -1.93. The molecule has 0 spiro atoms. The maximum Gasteiger partial charge on any atom is 0.255 e. The highest BCUT2D eigenvalue weighted by Gasteiger charge is 2.32. The summed E-state index contributed by atoms with van der Waals surface area (Å²) in [4.78, 5) is 12.7. The molecule has 0 unspecified atom stereocenters. The number of morpholine rings is 1. The molecule has 0 radical (unpaired) electrons. The van der Waals surface area contributed by atoms with Crippen LogP contribution in [0.4, 0.5) is 5.69 Å². The zero-order valence-corrected chi connectivity index (χ0v) is 17.5. The van der Waals surface area contributed by atoms with E-state index in [1.165, 1.54) is 16.4 Å². The fraction of sp³-hybridized carbons (Fsp3) is 0.350. The van der Waals surface area contributed by atoms with E-state index in [-0.39, 0.29) is 35.8 Å². The number of hydrogen-bond donors (Lipinski definition) is 1. The molecule has 0 aliphatic carbocycles. The highest BCUT2D eigenvalue weighted by Crippen LogP contribution is 2.25. The summed E-state index contributed by atoms with van der Waals surface area (Å²) in [7, 11) is -3.72. The Morgan fingerprint density at radius 1 is 1.14 bits per heavy atom. The molecule has 2 atom stereocenters. The zero-order chi connectivity index (χ0) is 20.5. The monoisotopic (exact) mass is 422 g/mol. The lowest BCUT2D eigenvalue weighted by atomic mass is 10.1. The normalized spacial score (nSPS) is 20.7. The second kappa shape index (κ2) is 8.21. The van der Waals surface area contributed by atoms with Crippen molar-refractivity contribution in [3.8, 4) is 0 Å². The summed E-state index contributed by atoms with van der Waals surface area (Å²) in [5.74, 6) is -0.397. The van der Waals surface area contributed by atoms with Gasteiger partial charge in [-0.25, -0.2) is 8.42 Å². The van der Waals surface area contributed by atoms with Gasteiger partial charge in [-0.05, 0) is 56.7 Å². The molecule has 6 nitrogen and oxygen atoms in total. The van der Waals surface area contributed by atoms with Crippen LogP contribution >= 0.6 is 11.6 Å². The van der Waals surface area contributed by atoms with E-state index in [2.05, 4.69) is 5.32 Å². The van der Waals surface area contributed by atoms with Gasteiger partial charge in [-0.3, -0.25) is 4.79 Å². The molecule has 0 saturated carbocycles. The molecule has 0 bridgehead atoms. The van der Waals surface area contributed by atoms with Gasteiger partial charge in [-0.15, -0.1) is 0 Å². The standard InChI is InChI=1S/C20H23ClN2O4S/c1-13-11-23(12-14(2)27-13)28(25,26)17-7-4-6-16(10-17)20(24)22-19-9-5-8-18(21)15(19)3/h4-10,13-14H,11-12H2,1-3H3,(H,22,24)/t13-,14+. The molecular weight excluding hydrogens is 400 g/mol. The summed E-state index contributed by atoms with van der Waals surface area (Å²) >= 11 is 6.09. The molecule has 2 aromatic rings. The number of nitrogens with one attached hydrogen (secondary N) is 1. The lowest BCUT2D eigenvalue weighted by Gasteiger charge is -2.34. The number of carbonyl (C=O) groups is 1. The number of anilines is 1. The first-order valence-corrected chi connectivity index (χ1v) is 10.8. The van der Waals surface area contributed by atoms with E-state index in [4.69, 9.17) is 16.3 Å². The molecule has 28 heavy (non-hydrogen) atoms. The largest absolute Gasteiger partial charge is 0.373 e. The summed E-state index contributed by atoms with van der Waals surface area (Å²) in [6.45, 7) is 6.06. The molecule has 1 N–H and O–H groups in total. The van der Waals surface area contributed by atoms with Gasteiger partial charge in [0, 0.05) is 29.4 Å². The number of nitrogens with zero attached hydrogens (tertiary/aromatic N) is 1. The van der Waals surface area contributed by atoms with Crippen molar-refractivity contribution in [3.05, 3.63) is 58.6 Å². The second-order valence-electron chi connectivity index (χ2n) is 6.97. The summed E-state index contributed by atoms with van der Waals surface area (Å²) in [6, 6.07) is 11.3. The predicted octanol–water partition coefficient (Wildman–Crippen LogP) is 3.70. The SMILES string of the molecule is Cc1c(Cl)cccc1NC(=O)c1cccc(S(=O)(=O)N2C[C@@H](C)O[C@@H](C)C2)c1. The van der Waals surface area contributed by atoms with Crippen LogP contribution in [0.15, 0.2) is 47.4 Å². The third-order valence-corrected chi connectivity index (χ3v) is 6.87. The summed E-state index contributed by atoms with van der Waals surface area (Å²) < 4.78 is 33.1. The molecule has 8 heteroatoms. The summed E-state index contributed by atoms with van der Waals surface area (Å²) in [5, 5.41) is 3.33. The average molecular weight is 423 g/mol. The van der Waals surface area contributed by atoms with Crippen molar-refractivity contribution in [3.63, 3.8) is 0 Å². The van der Waals surface area contributed by atoms with E-state index in [0.29, 0.717) is 10.7 Å². The molecule has 1 fully saturated rings. The third-order valence-electron chi connectivity index (χ3n) is 4.64. The lowest BCUT2D eigenvalue weighted by molar-refractivity contribution is -0.0440. The van der Waals surface area contributed by atoms with Crippen molar-refractivity contribution >= 4 is 33.2 Å². The first-order valence-electron chi connectivity index (χ1n) is 9.00. The van der Waals surface area contributed by atoms with E-state index in [1.54, 1.807) is 37.3 Å². The van der Waals surface area contributed by atoms with Crippen LogP contribution < -0.4 is 5.32 Å². The highest BCUT2D eigenvalue weighted by molar-refractivity contribution is 7.89. The van der Waals surface area contributed by atoms with E-state index in [0.717, 1.165) is 5.56 Å². The summed E-state index contributed by atoms with van der Waals surface area (Å²) in [6.07, 6.45) is -0.369. The van der Waals surface area contributed by atoms with Crippen LogP contribution in [0.3, 0.4) is 0 Å². The number of carbonyl (C=O) groups excluding carboxylic acids is 1. The number of sulfonamides is 1. The Kier molecular flexibility index (Phi) is 6.09. The van der Waals surface area contributed by atoms with E-state index in [1.807, 2.05) is 13.8 Å². The predicted molar refractivity (Wildman–Crippen MR) is 109 cm³/mol. The molecule has 150 valence electrons. The molecule has 2 aromatic carbocycles. The Morgan fingerprint density at radius 2 is 1.79 bits per heavy atom. The van der Waals surface area contributed by atoms with Crippen molar-refractivity contribution in [2.45, 2.75) is 37.9 Å². The van der Waals surface area contributed by atoms with E-state index < -0.39 is 15.9 Å². The van der Waals surface area contributed by atoms with Crippen LogP contribution in [0.5, 0.6) is 0 Å². The second-order valence-corrected chi connectivity index (χ2v) is 9.32. The highest BCUT2D eigenvalue weighted by atomic mass is 35.5. The van der Waals surface area contributed by atoms with Crippen LogP contribution in [0, 0.1) is 6.92 Å². The zero-order valence-electron chi connectivity index (χ0n) is 16.0. The number of halogens is 1. The fourth-order valence-electron chi connectivity index (χ4n) is 3.21. The third kappa shape index (κ3) is 4.38. The molecule has 1 amide bonds. The number of rotatable bonds is 4. The lowest BCUT2D eigenvalue weighted by Crippen LogP contribution is -2.48. The topological polar surface area (TPSA) is 75.7 Å². The van der Waals surface area contributed by atoms with E-state index in [9.17, 15) is 13.2 Å². The Bertz CT molecular complexity index is 983. The molecule has 3 rings (SSSR count). The van der Waals surface area contributed by atoms with Crippen molar-refractivity contribution in [2.24, 2.45) is 0 Å². The van der Waals surface area contributed by atoms with Crippen molar-refractivity contribution in [1.29, 1.82) is 0 Å². The molecule has 0 aromatic heterocycles. The fourth-order valence-corrected chi connectivity index (χ4v) is 5.02. The van der Waals surface area contributed by atoms with Gasteiger partial charge in [0.25, 0.3) is 5.91 Å². The number of benzene rings is 2. The minimum atomic E-state index is -3.72. The molecule has 1 heterocycles. The Balaban J connectivity index is 1.85. The van der Waals surface area contributed by atoms with Crippen LogP contribution in [-0.4, -0.2) is 43.9 Å². The number of ether oxygens (including phenoxy) is 1. The molecule has 1 aliphatic heterocycles.